The monoisotopic (exact) mass is 177 g/mol. The third-order valence-electron chi connectivity index (χ3n) is 2.22. The van der Waals surface area contributed by atoms with Crippen LogP contribution in [0.5, 0.6) is 0 Å². The van der Waals surface area contributed by atoms with E-state index in [9.17, 15) is 4.79 Å². The molecule has 1 atom stereocenters. The minimum absolute atomic E-state index is 0.117. The van der Waals surface area contributed by atoms with E-state index in [1.165, 1.54) is 12.5 Å². The molecule has 1 aliphatic rings. The third kappa shape index (κ3) is 1.54. The zero-order chi connectivity index (χ0) is 9.26. The standard InChI is InChI=1S/C10H11NO2/c1-7(12)13-9-5-4-8-3-2-6-11-10(8)9/h2-3,6,9H,4-5H2,1H3/t9-/m1/s1. The van der Waals surface area contributed by atoms with Gasteiger partial charge >= 0.3 is 5.97 Å². The second kappa shape index (κ2) is 3.17. The number of esters is 1. The number of aromatic nitrogens is 1. The van der Waals surface area contributed by atoms with Crippen LogP contribution in [0.25, 0.3) is 0 Å². The van der Waals surface area contributed by atoms with Gasteiger partial charge in [0.15, 0.2) is 0 Å². The number of ether oxygens (including phenoxy) is 1. The Labute approximate surface area is 76.7 Å². The van der Waals surface area contributed by atoms with Gasteiger partial charge < -0.3 is 4.74 Å². The topological polar surface area (TPSA) is 39.2 Å². The van der Waals surface area contributed by atoms with E-state index in [1.54, 1.807) is 6.20 Å². The van der Waals surface area contributed by atoms with E-state index < -0.39 is 0 Å². The normalized spacial score (nSPS) is 19.6. The minimum Gasteiger partial charge on any atom is -0.456 e. The van der Waals surface area contributed by atoms with Crippen molar-refractivity contribution in [3.05, 3.63) is 29.6 Å². The number of hydrogen-bond acceptors (Lipinski definition) is 3. The molecule has 0 fully saturated rings. The summed E-state index contributed by atoms with van der Waals surface area (Å²) >= 11 is 0. The Morgan fingerprint density at radius 3 is 3.31 bits per heavy atom. The zero-order valence-electron chi connectivity index (χ0n) is 7.49. The van der Waals surface area contributed by atoms with Crippen LogP contribution in [0.4, 0.5) is 0 Å². The number of carbonyl (C=O) groups is 1. The molecule has 0 saturated heterocycles. The summed E-state index contributed by atoms with van der Waals surface area (Å²) in [5.41, 5.74) is 2.13. The summed E-state index contributed by atoms with van der Waals surface area (Å²) in [5, 5.41) is 0. The molecule has 0 radical (unpaired) electrons. The maximum Gasteiger partial charge on any atom is 0.303 e. The first-order valence-corrected chi connectivity index (χ1v) is 4.38. The van der Waals surface area contributed by atoms with E-state index in [4.69, 9.17) is 4.74 Å². The van der Waals surface area contributed by atoms with Crippen LogP contribution in [0.15, 0.2) is 18.3 Å². The van der Waals surface area contributed by atoms with Gasteiger partial charge in [0.1, 0.15) is 6.10 Å². The number of pyridine rings is 1. The maximum absolute atomic E-state index is 10.8. The Balaban J connectivity index is 2.23. The summed E-state index contributed by atoms with van der Waals surface area (Å²) in [4.78, 5) is 15.0. The van der Waals surface area contributed by atoms with Crippen LogP contribution in [0.1, 0.15) is 30.7 Å². The van der Waals surface area contributed by atoms with Crippen molar-refractivity contribution in [2.24, 2.45) is 0 Å². The molecule has 0 amide bonds. The molecule has 0 aliphatic heterocycles. The molecule has 3 nitrogen and oxygen atoms in total. The fraction of sp³-hybridized carbons (Fsp3) is 0.400. The van der Waals surface area contributed by atoms with E-state index in [2.05, 4.69) is 4.98 Å². The summed E-state index contributed by atoms with van der Waals surface area (Å²) < 4.78 is 5.14. The molecule has 1 aliphatic carbocycles. The zero-order valence-corrected chi connectivity index (χ0v) is 7.49. The Hall–Kier alpha value is -1.38. The third-order valence-corrected chi connectivity index (χ3v) is 2.22. The van der Waals surface area contributed by atoms with E-state index in [1.807, 2.05) is 12.1 Å². The van der Waals surface area contributed by atoms with Crippen LogP contribution in [0, 0.1) is 0 Å². The van der Waals surface area contributed by atoms with Crippen LogP contribution < -0.4 is 0 Å². The highest BCUT2D eigenvalue weighted by atomic mass is 16.5. The predicted octanol–water partition coefficient (Wildman–Crippen LogP) is 1.63. The van der Waals surface area contributed by atoms with Crippen molar-refractivity contribution in [2.45, 2.75) is 25.9 Å². The molecule has 13 heavy (non-hydrogen) atoms. The Morgan fingerprint density at radius 1 is 1.69 bits per heavy atom. The quantitative estimate of drug-likeness (QED) is 0.612. The number of aryl methyl sites for hydroxylation is 1. The fourth-order valence-electron chi connectivity index (χ4n) is 1.69. The van der Waals surface area contributed by atoms with Gasteiger partial charge in [-0.05, 0) is 24.5 Å². The Morgan fingerprint density at radius 2 is 2.54 bits per heavy atom. The molecule has 0 unspecified atom stereocenters. The second-order valence-electron chi connectivity index (χ2n) is 3.18. The van der Waals surface area contributed by atoms with Crippen molar-refractivity contribution in [1.29, 1.82) is 0 Å². The van der Waals surface area contributed by atoms with Crippen LogP contribution in [-0.2, 0) is 16.0 Å². The minimum atomic E-state index is -0.233. The number of hydrogen-bond donors (Lipinski definition) is 0. The summed E-state index contributed by atoms with van der Waals surface area (Å²) in [5.74, 6) is -0.233. The first-order chi connectivity index (χ1) is 6.27. The lowest BCUT2D eigenvalue weighted by molar-refractivity contribution is -0.146. The fourth-order valence-corrected chi connectivity index (χ4v) is 1.69. The van der Waals surface area contributed by atoms with E-state index >= 15 is 0 Å². The molecule has 1 aromatic rings. The van der Waals surface area contributed by atoms with Crippen LogP contribution in [0.3, 0.4) is 0 Å². The van der Waals surface area contributed by atoms with Gasteiger partial charge in [0.05, 0.1) is 5.69 Å². The van der Waals surface area contributed by atoms with Crippen molar-refractivity contribution >= 4 is 5.97 Å². The smallest absolute Gasteiger partial charge is 0.303 e. The van der Waals surface area contributed by atoms with Gasteiger partial charge in [0.25, 0.3) is 0 Å². The van der Waals surface area contributed by atoms with Crippen LogP contribution >= 0.6 is 0 Å². The van der Waals surface area contributed by atoms with Crippen molar-refractivity contribution in [2.75, 3.05) is 0 Å². The summed E-state index contributed by atoms with van der Waals surface area (Å²) in [6, 6.07) is 3.95. The Bertz CT molecular complexity index is 335. The molecule has 0 N–H and O–H groups in total. The Kier molecular flexibility index (Phi) is 2.00. The highest BCUT2D eigenvalue weighted by molar-refractivity contribution is 5.66. The first-order valence-electron chi connectivity index (χ1n) is 4.38. The van der Waals surface area contributed by atoms with Gasteiger partial charge in [0, 0.05) is 13.1 Å². The van der Waals surface area contributed by atoms with Crippen LogP contribution in [0.2, 0.25) is 0 Å². The lowest BCUT2D eigenvalue weighted by Gasteiger charge is -2.09. The van der Waals surface area contributed by atoms with Gasteiger partial charge in [-0.2, -0.15) is 0 Å². The van der Waals surface area contributed by atoms with Gasteiger partial charge in [-0.15, -0.1) is 0 Å². The molecule has 3 heteroatoms. The molecular weight excluding hydrogens is 166 g/mol. The average Bonchev–Trinajstić information content (AvgIpc) is 2.48. The second-order valence-corrected chi connectivity index (χ2v) is 3.18. The van der Waals surface area contributed by atoms with E-state index in [0.717, 1.165) is 18.5 Å². The predicted molar refractivity (Wildman–Crippen MR) is 47.1 cm³/mol. The van der Waals surface area contributed by atoms with Crippen molar-refractivity contribution in [3.8, 4) is 0 Å². The lowest BCUT2D eigenvalue weighted by atomic mass is 10.2. The van der Waals surface area contributed by atoms with Crippen LogP contribution in [-0.4, -0.2) is 11.0 Å². The van der Waals surface area contributed by atoms with E-state index in [-0.39, 0.29) is 12.1 Å². The number of rotatable bonds is 1. The molecule has 2 rings (SSSR count). The van der Waals surface area contributed by atoms with E-state index in [0.29, 0.717) is 0 Å². The molecule has 0 aromatic carbocycles. The summed E-state index contributed by atoms with van der Waals surface area (Å²) in [7, 11) is 0. The SMILES string of the molecule is CC(=O)O[C@@H]1CCc2cccnc21. The van der Waals surface area contributed by atoms with Crippen molar-refractivity contribution in [1.82, 2.24) is 4.98 Å². The van der Waals surface area contributed by atoms with Gasteiger partial charge in [0.2, 0.25) is 0 Å². The summed E-state index contributed by atoms with van der Waals surface area (Å²) in [6.07, 6.45) is 3.45. The van der Waals surface area contributed by atoms with Crippen molar-refractivity contribution < 1.29 is 9.53 Å². The first kappa shape index (κ1) is 8.23. The number of carbonyl (C=O) groups excluding carboxylic acids is 1. The molecule has 68 valence electrons. The maximum atomic E-state index is 10.8. The van der Waals surface area contributed by atoms with Gasteiger partial charge in [-0.25, -0.2) is 0 Å². The number of nitrogens with zero attached hydrogens (tertiary/aromatic N) is 1. The summed E-state index contributed by atoms with van der Waals surface area (Å²) in [6.45, 7) is 1.43. The average molecular weight is 177 g/mol. The van der Waals surface area contributed by atoms with Gasteiger partial charge in [-0.1, -0.05) is 6.07 Å². The number of fused-ring (bicyclic) bond motifs is 1. The molecule has 1 aromatic heterocycles. The largest absolute Gasteiger partial charge is 0.456 e. The van der Waals surface area contributed by atoms with Gasteiger partial charge in [-0.3, -0.25) is 9.78 Å². The molecule has 0 saturated carbocycles. The molecular formula is C10H11NO2. The highest BCUT2D eigenvalue weighted by Crippen LogP contribution is 2.31. The molecule has 0 bridgehead atoms. The van der Waals surface area contributed by atoms with Crippen molar-refractivity contribution in [3.63, 3.8) is 0 Å². The molecule has 0 spiro atoms. The molecule has 1 heterocycles. The highest BCUT2D eigenvalue weighted by Gasteiger charge is 2.25. The lowest BCUT2D eigenvalue weighted by Crippen LogP contribution is -2.06.